The van der Waals surface area contributed by atoms with E-state index in [1.807, 2.05) is 0 Å². The number of para-hydroxylation sites is 1. The fourth-order valence-corrected chi connectivity index (χ4v) is 2.79. The molecule has 27 heavy (non-hydrogen) atoms. The molecule has 0 unspecified atom stereocenters. The molecule has 1 fully saturated rings. The van der Waals surface area contributed by atoms with Crippen LogP contribution in [-0.2, 0) is 15.7 Å². The van der Waals surface area contributed by atoms with Crippen molar-refractivity contribution in [2.45, 2.75) is 24.6 Å². The third-order valence-electron chi connectivity index (χ3n) is 4.29. The Morgan fingerprint density at radius 1 is 1.22 bits per heavy atom. The summed E-state index contributed by atoms with van der Waals surface area (Å²) in [5.41, 5.74) is -3.04. The Morgan fingerprint density at radius 2 is 1.89 bits per heavy atom. The van der Waals surface area contributed by atoms with Crippen LogP contribution in [0.25, 0.3) is 5.69 Å². The van der Waals surface area contributed by atoms with Crippen LogP contribution in [0, 0.1) is 0 Å². The summed E-state index contributed by atoms with van der Waals surface area (Å²) in [7, 11) is 0. The molecule has 2 aromatic rings. The maximum Gasteiger partial charge on any atom is 0.418 e. The quantitative estimate of drug-likeness (QED) is 0.830. The van der Waals surface area contributed by atoms with E-state index in [0.717, 1.165) is 16.9 Å². The molecule has 0 atom stereocenters. The summed E-state index contributed by atoms with van der Waals surface area (Å²) in [5, 5.41) is 19.0. The summed E-state index contributed by atoms with van der Waals surface area (Å²) in [4.78, 5) is 24.0. The lowest BCUT2D eigenvalue weighted by atomic mass is 9.90. The molecule has 2 N–H and O–H groups in total. The molecule has 1 aliphatic heterocycles. The number of benzene rings is 1. The van der Waals surface area contributed by atoms with Crippen molar-refractivity contribution in [2.24, 2.45) is 0 Å². The third kappa shape index (κ3) is 3.77. The maximum atomic E-state index is 13.1. The number of carbonyl (C=O) groups is 2. The van der Waals surface area contributed by atoms with Crippen LogP contribution in [0.1, 0.15) is 28.9 Å². The first-order valence-electron chi connectivity index (χ1n) is 7.95. The fourth-order valence-electron chi connectivity index (χ4n) is 2.79. The van der Waals surface area contributed by atoms with Gasteiger partial charge in [-0.05, 0) is 12.1 Å². The van der Waals surface area contributed by atoms with E-state index in [1.165, 1.54) is 18.2 Å². The summed E-state index contributed by atoms with van der Waals surface area (Å²) >= 11 is 0. The Balaban J connectivity index is 1.86. The van der Waals surface area contributed by atoms with Gasteiger partial charge in [0.25, 0.3) is 5.91 Å². The van der Waals surface area contributed by atoms with Crippen molar-refractivity contribution in [3.05, 3.63) is 41.7 Å². The SMILES string of the molecule is O=C(NC1(C(=O)O)CCOCC1)c1cn(-c2ccccc2C(F)(F)F)nn1. The van der Waals surface area contributed by atoms with E-state index in [0.29, 0.717) is 0 Å². The van der Waals surface area contributed by atoms with Crippen LogP contribution in [0.15, 0.2) is 30.5 Å². The zero-order chi connectivity index (χ0) is 19.7. The second-order valence-corrected chi connectivity index (χ2v) is 6.02. The number of carbonyl (C=O) groups excluding carboxylic acids is 1. The number of nitrogens with zero attached hydrogens (tertiary/aromatic N) is 3. The first-order chi connectivity index (χ1) is 12.7. The predicted octanol–water partition coefficient (Wildman–Crippen LogP) is 1.65. The number of carboxylic acids is 1. The summed E-state index contributed by atoms with van der Waals surface area (Å²) in [6, 6.07) is 4.71. The highest BCUT2D eigenvalue weighted by atomic mass is 19.4. The monoisotopic (exact) mass is 384 g/mol. The number of nitrogens with one attached hydrogen (secondary N) is 1. The molecule has 0 bridgehead atoms. The van der Waals surface area contributed by atoms with Gasteiger partial charge in [0, 0.05) is 26.1 Å². The van der Waals surface area contributed by atoms with Gasteiger partial charge in [-0.3, -0.25) is 4.79 Å². The number of aliphatic carboxylic acids is 1. The van der Waals surface area contributed by atoms with Gasteiger partial charge in [0.05, 0.1) is 17.4 Å². The summed E-state index contributed by atoms with van der Waals surface area (Å²) in [6.07, 6.45) is -3.45. The molecular weight excluding hydrogens is 369 g/mol. The number of carboxylic acid groups (broad SMARTS) is 1. The lowest BCUT2D eigenvalue weighted by Gasteiger charge is -2.33. The van der Waals surface area contributed by atoms with E-state index in [-0.39, 0.29) is 37.4 Å². The normalized spacial score (nSPS) is 16.7. The summed E-state index contributed by atoms with van der Waals surface area (Å²) in [6.45, 7) is 0.330. The maximum absolute atomic E-state index is 13.1. The average Bonchev–Trinajstić information content (AvgIpc) is 3.12. The summed E-state index contributed by atoms with van der Waals surface area (Å²) in [5.74, 6) is -2.05. The van der Waals surface area contributed by atoms with Crippen molar-refractivity contribution in [3.8, 4) is 5.69 Å². The predicted molar refractivity (Wildman–Crippen MR) is 84.2 cm³/mol. The second-order valence-electron chi connectivity index (χ2n) is 6.02. The van der Waals surface area contributed by atoms with Gasteiger partial charge in [-0.15, -0.1) is 5.10 Å². The second kappa shape index (κ2) is 6.99. The molecule has 0 saturated carbocycles. The minimum atomic E-state index is -4.61. The molecule has 1 aliphatic rings. The van der Waals surface area contributed by atoms with Crippen molar-refractivity contribution in [2.75, 3.05) is 13.2 Å². The lowest BCUT2D eigenvalue weighted by molar-refractivity contribution is -0.148. The smallest absolute Gasteiger partial charge is 0.418 e. The van der Waals surface area contributed by atoms with Crippen LogP contribution in [0.3, 0.4) is 0 Å². The van der Waals surface area contributed by atoms with E-state index in [9.17, 15) is 27.9 Å². The third-order valence-corrected chi connectivity index (χ3v) is 4.29. The number of alkyl halides is 3. The average molecular weight is 384 g/mol. The van der Waals surface area contributed by atoms with E-state index in [4.69, 9.17) is 4.74 Å². The first-order valence-corrected chi connectivity index (χ1v) is 7.95. The molecule has 8 nitrogen and oxygen atoms in total. The van der Waals surface area contributed by atoms with Gasteiger partial charge in [-0.25, -0.2) is 9.48 Å². The van der Waals surface area contributed by atoms with Gasteiger partial charge in [0.1, 0.15) is 5.54 Å². The number of hydrogen-bond acceptors (Lipinski definition) is 5. The molecule has 1 saturated heterocycles. The molecule has 2 heterocycles. The topological polar surface area (TPSA) is 106 Å². The lowest BCUT2D eigenvalue weighted by Crippen LogP contribution is -2.57. The number of halogens is 3. The fraction of sp³-hybridized carbons (Fsp3) is 0.375. The number of hydrogen-bond donors (Lipinski definition) is 2. The van der Waals surface area contributed by atoms with Crippen molar-refractivity contribution in [3.63, 3.8) is 0 Å². The van der Waals surface area contributed by atoms with Gasteiger partial charge in [0.2, 0.25) is 0 Å². The zero-order valence-electron chi connectivity index (χ0n) is 13.9. The minimum Gasteiger partial charge on any atom is -0.480 e. The van der Waals surface area contributed by atoms with Gasteiger partial charge >= 0.3 is 12.1 Å². The highest BCUT2D eigenvalue weighted by molar-refractivity contribution is 5.96. The van der Waals surface area contributed by atoms with Crippen LogP contribution in [0.5, 0.6) is 0 Å². The molecular formula is C16H15F3N4O4. The van der Waals surface area contributed by atoms with Crippen LogP contribution in [0.2, 0.25) is 0 Å². The van der Waals surface area contributed by atoms with Crippen molar-refractivity contribution >= 4 is 11.9 Å². The minimum absolute atomic E-state index is 0.0686. The highest BCUT2D eigenvalue weighted by Gasteiger charge is 2.42. The van der Waals surface area contributed by atoms with Crippen molar-refractivity contribution in [1.82, 2.24) is 20.3 Å². The first kappa shape index (κ1) is 18.8. The Hall–Kier alpha value is -2.95. The Morgan fingerprint density at radius 3 is 2.52 bits per heavy atom. The number of aromatic nitrogens is 3. The molecule has 0 radical (unpaired) electrons. The molecule has 11 heteroatoms. The van der Waals surface area contributed by atoms with Crippen molar-refractivity contribution < 1.29 is 32.6 Å². The van der Waals surface area contributed by atoms with Crippen LogP contribution >= 0.6 is 0 Å². The van der Waals surface area contributed by atoms with Crippen LogP contribution in [-0.4, -0.2) is 50.7 Å². The molecule has 1 aromatic heterocycles. The Labute approximate surface area is 150 Å². The molecule has 1 amide bonds. The Kier molecular flexibility index (Phi) is 4.87. The van der Waals surface area contributed by atoms with E-state index < -0.39 is 29.2 Å². The molecule has 0 aliphatic carbocycles. The van der Waals surface area contributed by atoms with Gasteiger partial charge in [0.15, 0.2) is 5.69 Å². The van der Waals surface area contributed by atoms with Gasteiger partial charge in [-0.1, -0.05) is 17.3 Å². The largest absolute Gasteiger partial charge is 0.480 e. The molecule has 1 aromatic carbocycles. The van der Waals surface area contributed by atoms with Crippen molar-refractivity contribution in [1.29, 1.82) is 0 Å². The van der Waals surface area contributed by atoms with E-state index in [1.54, 1.807) is 0 Å². The zero-order valence-corrected chi connectivity index (χ0v) is 13.9. The van der Waals surface area contributed by atoms with Gasteiger partial charge < -0.3 is 15.2 Å². The Bertz CT molecular complexity index is 859. The number of ether oxygens (including phenoxy) is 1. The summed E-state index contributed by atoms with van der Waals surface area (Å²) < 4.78 is 45.3. The van der Waals surface area contributed by atoms with Crippen LogP contribution in [0.4, 0.5) is 13.2 Å². The van der Waals surface area contributed by atoms with E-state index in [2.05, 4.69) is 15.6 Å². The van der Waals surface area contributed by atoms with E-state index >= 15 is 0 Å². The van der Waals surface area contributed by atoms with Crippen LogP contribution < -0.4 is 5.32 Å². The molecule has 144 valence electrons. The van der Waals surface area contributed by atoms with Gasteiger partial charge in [-0.2, -0.15) is 13.2 Å². The molecule has 0 spiro atoms. The number of amides is 1. The molecule has 3 rings (SSSR count). The highest BCUT2D eigenvalue weighted by Crippen LogP contribution is 2.33. The standard InChI is InChI=1S/C16H15F3N4O4/c17-16(18,19)10-3-1-2-4-12(10)23-9-11(21-22-23)13(24)20-15(14(25)26)5-7-27-8-6-15/h1-4,9H,5-8H2,(H,20,24)(H,25,26). The number of rotatable bonds is 4.